The molecule has 146 valence electrons. The van der Waals surface area contributed by atoms with Crippen molar-refractivity contribution in [1.29, 1.82) is 0 Å². The first-order valence-electron chi connectivity index (χ1n) is 9.71. The summed E-state index contributed by atoms with van der Waals surface area (Å²) < 4.78 is 15.6. The van der Waals surface area contributed by atoms with E-state index < -0.39 is 0 Å². The molecular formula is C22H23FN2O2S. The molecule has 0 radical (unpaired) electrons. The molecule has 0 saturated carbocycles. The van der Waals surface area contributed by atoms with Gasteiger partial charge in [-0.3, -0.25) is 9.59 Å². The number of carbonyl (C=O) groups is 1. The van der Waals surface area contributed by atoms with Gasteiger partial charge in [0.15, 0.2) is 0 Å². The minimum absolute atomic E-state index is 0.0257. The SMILES string of the molecule is Cc1sc2ccn(Cc3ccc(F)cc3)c(=O)c2c1C(=O)N1CCCCCC1. The Morgan fingerprint density at radius 3 is 2.43 bits per heavy atom. The molecule has 0 atom stereocenters. The molecule has 1 saturated heterocycles. The van der Waals surface area contributed by atoms with Crippen LogP contribution in [0.1, 0.15) is 46.5 Å². The van der Waals surface area contributed by atoms with Crippen LogP contribution in [0.2, 0.25) is 0 Å². The molecule has 2 aromatic heterocycles. The smallest absolute Gasteiger partial charge is 0.260 e. The van der Waals surface area contributed by atoms with Gasteiger partial charge >= 0.3 is 0 Å². The number of pyridine rings is 1. The van der Waals surface area contributed by atoms with Crippen LogP contribution < -0.4 is 5.56 Å². The predicted molar refractivity (Wildman–Crippen MR) is 111 cm³/mol. The Hall–Kier alpha value is -2.47. The fourth-order valence-corrected chi connectivity index (χ4v) is 4.91. The number of aromatic nitrogens is 1. The Bertz CT molecular complexity index is 1060. The van der Waals surface area contributed by atoms with Crippen molar-refractivity contribution in [2.45, 2.75) is 39.2 Å². The summed E-state index contributed by atoms with van der Waals surface area (Å²) in [6, 6.07) is 8.03. The number of rotatable bonds is 3. The first-order chi connectivity index (χ1) is 13.5. The molecule has 6 heteroatoms. The molecule has 3 aromatic rings. The van der Waals surface area contributed by atoms with Crippen LogP contribution in [0.15, 0.2) is 41.3 Å². The number of amides is 1. The number of hydrogen-bond acceptors (Lipinski definition) is 3. The summed E-state index contributed by atoms with van der Waals surface area (Å²) in [5.41, 5.74) is 1.24. The summed E-state index contributed by atoms with van der Waals surface area (Å²) in [7, 11) is 0. The van der Waals surface area contributed by atoms with E-state index in [0.29, 0.717) is 17.5 Å². The number of hydrogen-bond donors (Lipinski definition) is 0. The zero-order valence-electron chi connectivity index (χ0n) is 15.9. The summed E-state index contributed by atoms with van der Waals surface area (Å²) in [5.74, 6) is -0.326. The minimum Gasteiger partial charge on any atom is -0.339 e. The maximum absolute atomic E-state index is 13.3. The van der Waals surface area contributed by atoms with Crippen molar-refractivity contribution >= 4 is 27.3 Å². The normalized spacial score (nSPS) is 15.0. The number of thiophene rings is 1. The molecular weight excluding hydrogens is 375 g/mol. The second-order valence-corrected chi connectivity index (χ2v) is 8.61. The van der Waals surface area contributed by atoms with Crippen LogP contribution in [-0.4, -0.2) is 28.5 Å². The van der Waals surface area contributed by atoms with Crippen molar-refractivity contribution in [2.75, 3.05) is 13.1 Å². The standard InChI is InChI=1S/C22H23FN2O2S/c1-15-19(21(26)24-11-4-2-3-5-12-24)20-18(28-15)10-13-25(22(20)27)14-16-6-8-17(23)9-7-16/h6-10,13H,2-5,11-12,14H2,1H3. The van der Waals surface area contributed by atoms with Crippen molar-refractivity contribution in [3.63, 3.8) is 0 Å². The second kappa shape index (κ2) is 7.87. The van der Waals surface area contributed by atoms with E-state index >= 15 is 0 Å². The maximum Gasteiger partial charge on any atom is 0.260 e. The summed E-state index contributed by atoms with van der Waals surface area (Å²) in [6.45, 7) is 3.78. The predicted octanol–water partition coefficient (Wildman–Crippen LogP) is 4.58. The Kier molecular flexibility index (Phi) is 5.31. The maximum atomic E-state index is 13.3. The van der Waals surface area contributed by atoms with E-state index in [1.165, 1.54) is 23.5 Å². The number of benzene rings is 1. The fourth-order valence-electron chi connectivity index (χ4n) is 3.87. The summed E-state index contributed by atoms with van der Waals surface area (Å²) >= 11 is 1.50. The number of aryl methyl sites for hydroxylation is 1. The molecule has 28 heavy (non-hydrogen) atoms. The average Bonchev–Trinajstić information content (AvgIpc) is 2.85. The highest BCUT2D eigenvalue weighted by molar-refractivity contribution is 7.19. The monoisotopic (exact) mass is 398 g/mol. The van der Waals surface area contributed by atoms with Gasteiger partial charge in [0.25, 0.3) is 11.5 Å². The average molecular weight is 399 g/mol. The van der Waals surface area contributed by atoms with Crippen LogP contribution in [0.4, 0.5) is 4.39 Å². The van der Waals surface area contributed by atoms with Gasteiger partial charge in [0.1, 0.15) is 5.82 Å². The van der Waals surface area contributed by atoms with E-state index in [2.05, 4.69) is 0 Å². The van der Waals surface area contributed by atoms with Gasteiger partial charge in [-0.1, -0.05) is 25.0 Å². The number of likely N-dealkylation sites (tertiary alicyclic amines) is 1. The summed E-state index contributed by atoms with van der Waals surface area (Å²) in [4.78, 5) is 29.3. The van der Waals surface area contributed by atoms with Gasteiger partial charge in [-0.2, -0.15) is 0 Å². The van der Waals surface area contributed by atoms with Gasteiger partial charge < -0.3 is 9.47 Å². The van der Waals surface area contributed by atoms with Gasteiger partial charge in [-0.15, -0.1) is 11.3 Å². The van der Waals surface area contributed by atoms with Gasteiger partial charge in [0.2, 0.25) is 0 Å². The van der Waals surface area contributed by atoms with Crippen LogP contribution in [0.5, 0.6) is 0 Å². The molecule has 0 aliphatic carbocycles. The number of nitrogens with zero attached hydrogens (tertiary/aromatic N) is 2. The van der Waals surface area contributed by atoms with E-state index in [9.17, 15) is 14.0 Å². The van der Waals surface area contributed by atoms with Crippen molar-refractivity contribution in [3.05, 3.63) is 68.7 Å². The lowest BCUT2D eigenvalue weighted by molar-refractivity contribution is 0.0763. The lowest BCUT2D eigenvalue weighted by Gasteiger charge is -2.20. The highest BCUT2D eigenvalue weighted by atomic mass is 32.1. The molecule has 4 rings (SSSR count). The second-order valence-electron chi connectivity index (χ2n) is 7.35. The minimum atomic E-state index is -0.301. The van der Waals surface area contributed by atoms with E-state index in [-0.39, 0.29) is 17.3 Å². The van der Waals surface area contributed by atoms with Crippen molar-refractivity contribution in [1.82, 2.24) is 9.47 Å². The highest BCUT2D eigenvalue weighted by Gasteiger charge is 2.25. The molecule has 1 aliphatic rings. The molecule has 0 spiro atoms. The van der Waals surface area contributed by atoms with Crippen molar-refractivity contribution in [2.24, 2.45) is 0 Å². The Morgan fingerprint density at radius 1 is 1.07 bits per heavy atom. The molecule has 1 fully saturated rings. The van der Waals surface area contributed by atoms with Gasteiger partial charge in [-0.05, 0) is 43.5 Å². The molecule has 0 N–H and O–H groups in total. The molecule has 3 heterocycles. The van der Waals surface area contributed by atoms with Crippen LogP contribution in [0, 0.1) is 12.7 Å². The first kappa shape index (κ1) is 18.9. The summed E-state index contributed by atoms with van der Waals surface area (Å²) in [5, 5.41) is 0.515. The zero-order valence-corrected chi connectivity index (χ0v) is 16.7. The van der Waals surface area contributed by atoms with Crippen molar-refractivity contribution < 1.29 is 9.18 Å². The molecule has 4 nitrogen and oxygen atoms in total. The van der Waals surface area contributed by atoms with Crippen LogP contribution in [0.3, 0.4) is 0 Å². The Labute approximate surface area is 167 Å². The van der Waals surface area contributed by atoms with Gasteiger partial charge in [0.05, 0.1) is 17.5 Å². The van der Waals surface area contributed by atoms with Crippen LogP contribution >= 0.6 is 11.3 Å². The molecule has 0 bridgehead atoms. The van der Waals surface area contributed by atoms with Crippen molar-refractivity contribution in [3.8, 4) is 0 Å². The van der Waals surface area contributed by atoms with E-state index in [1.54, 1.807) is 22.9 Å². The number of fused-ring (bicyclic) bond motifs is 1. The number of carbonyl (C=O) groups excluding carboxylic acids is 1. The lowest BCUT2D eigenvalue weighted by atomic mass is 10.1. The Balaban J connectivity index is 1.74. The third-order valence-corrected chi connectivity index (χ3v) is 6.44. The quantitative estimate of drug-likeness (QED) is 0.648. The molecule has 0 unspecified atom stereocenters. The fraction of sp³-hybridized carbons (Fsp3) is 0.364. The summed E-state index contributed by atoms with van der Waals surface area (Å²) in [6.07, 6.45) is 6.09. The van der Waals surface area contributed by atoms with E-state index in [1.807, 2.05) is 17.9 Å². The highest BCUT2D eigenvalue weighted by Crippen LogP contribution is 2.30. The molecule has 1 amide bonds. The van der Waals surface area contributed by atoms with Gasteiger partial charge in [-0.25, -0.2) is 4.39 Å². The van der Waals surface area contributed by atoms with E-state index in [4.69, 9.17) is 0 Å². The Morgan fingerprint density at radius 2 is 1.75 bits per heavy atom. The lowest BCUT2D eigenvalue weighted by Crippen LogP contribution is -2.33. The zero-order chi connectivity index (χ0) is 19.7. The van der Waals surface area contributed by atoms with Gasteiger partial charge in [0, 0.05) is 28.9 Å². The molecule has 1 aromatic carbocycles. The van der Waals surface area contributed by atoms with E-state index in [0.717, 1.165) is 53.9 Å². The molecule has 1 aliphatic heterocycles. The van der Waals surface area contributed by atoms with Crippen LogP contribution in [0.25, 0.3) is 10.1 Å². The number of halogens is 1. The van der Waals surface area contributed by atoms with Crippen LogP contribution in [-0.2, 0) is 6.54 Å². The first-order valence-corrected chi connectivity index (χ1v) is 10.5. The topological polar surface area (TPSA) is 42.3 Å². The third-order valence-electron chi connectivity index (χ3n) is 5.37. The third kappa shape index (κ3) is 3.61. The largest absolute Gasteiger partial charge is 0.339 e.